The molecule has 1 atom stereocenters. The zero-order valence-corrected chi connectivity index (χ0v) is 16.6. The Balaban J connectivity index is 0.00000312. The second-order valence-corrected chi connectivity index (χ2v) is 6.22. The van der Waals surface area contributed by atoms with Crippen LogP contribution in [0, 0.1) is 0 Å². The van der Waals surface area contributed by atoms with Gasteiger partial charge >= 0.3 is 0 Å². The number of ether oxygens (including phenoxy) is 2. The van der Waals surface area contributed by atoms with Crippen LogP contribution >= 0.6 is 24.0 Å². The normalized spacial score (nSPS) is 11.5. The summed E-state index contributed by atoms with van der Waals surface area (Å²) in [5.41, 5.74) is 2.18. The van der Waals surface area contributed by atoms with Gasteiger partial charge in [0.2, 0.25) is 0 Å². The maximum absolute atomic E-state index is 6.10. The van der Waals surface area contributed by atoms with Crippen molar-refractivity contribution in [2.75, 3.05) is 6.61 Å². The fourth-order valence-corrected chi connectivity index (χ4v) is 2.42. The lowest BCUT2D eigenvalue weighted by Gasteiger charge is -2.18. The van der Waals surface area contributed by atoms with E-state index in [4.69, 9.17) is 21.1 Å². The van der Waals surface area contributed by atoms with Crippen LogP contribution in [-0.2, 0) is 13.2 Å². The van der Waals surface area contributed by atoms with Crippen LogP contribution in [0.2, 0.25) is 5.02 Å². The van der Waals surface area contributed by atoms with E-state index in [9.17, 15) is 0 Å². The highest BCUT2D eigenvalue weighted by Crippen LogP contribution is 2.32. The van der Waals surface area contributed by atoms with Gasteiger partial charge in [0, 0.05) is 23.2 Å². The van der Waals surface area contributed by atoms with E-state index in [2.05, 4.69) is 25.2 Å². The molecule has 0 radical (unpaired) electrons. The van der Waals surface area contributed by atoms with Gasteiger partial charge in [-0.25, -0.2) is 0 Å². The molecular formula is C20H27Cl2NO2. The van der Waals surface area contributed by atoms with E-state index in [1.54, 1.807) is 0 Å². The Morgan fingerprint density at radius 1 is 1.04 bits per heavy atom. The predicted octanol–water partition coefficient (Wildman–Crippen LogP) is 5.63. The van der Waals surface area contributed by atoms with Crippen LogP contribution in [-0.4, -0.2) is 12.6 Å². The summed E-state index contributed by atoms with van der Waals surface area (Å²) in [6, 6.07) is 14.2. The SMILES string of the molecule is CCOc1cccc(CNC(C)CC)c1OCc1ccc(Cl)cc1.Cl. The highest BCUT2D eigenvalue weighted by Gasteiger charge is 2.12. The number of rotatable bonds is 9. The minimum Gasteiger partial charge on any atom is -0.490 e. The molecule has 1 unspecified atom stereocenters. The Bertz CT molecular complexity index is 632. The summed E-state index contributed by atoms with van der Waals surface area (Å²) >= 11 is 5.94. The molecule has 0 aromatic heterocycles. The first-order valence-electron chi connectivity index (χ1n) is 8.49. The average molecular weight is 384 g/mol. The average Bonchev–Trinajstić information content (AvgIpc) is 2.60. The third-order valence-electron chi connectivity index (χ3n) is 3.91. The summed E-state index contributed by atoms with van der Waals surface area (Å²) in [5.74, 6) is 1.60. The summed E-state index contributed by atoms with van der Waals surface area (Å²) in [6.07, 6.45) is 1.09. The summed E-state index contributed by atoms with van der Waals surface area (Å²) < 4.78 is 11.8. The minimum atomic E-state index is 0. The highest BCUT2D eigenvalue weighted by atomic mass is 35.5. The Morgan fingerprint density at radius 2 is 1.76 bits per heavy atom. The van der Waals surface area contributed by atoms with Gasteiger partial charge in [-0.05, 0) is 44.0 Å². The number of nitrogens with one attached hydrogen (secondary N) is 1. The van der Waals surface area contributed by atoms with Crippen LogP contribution in [0.3, 0.4) is 0 Å². The molecule has 25 heavy (non-hydrogen) atoms. The first-order chi connectivity index (χ1) is 11.6. The molecule has 0 amide bonds. The van der Waals surface area contributed by atoms with Crippen molar-refractivity contribution in [2.45, 2.75) is 46.4 Å². The van der Waals surface area contributed by atoms with Gasteiger partial charge in [0.1, 0.15) is 6.61 Å². The molecule has 0 heterocycles. The van der Waals surface area contributed by atoms with Crippen molar-refractivity contribution in [2.24, 2.45) is 0 Å². The standard InChI is InChI=1S/C20H26ClNO2.ClH/c1-4-15(3)22-13-17-7-6-8-19(23-5-2)20(17)24-14-16-9-11-18(21)12-10-16;/h6-12,15,22H,4-5,13-14H2,1-3H3;1H. The van der Waals surface area contributed by atoms with Crippen molar-refractivity contribution in [3.8, 4) is 11.5 Å². The van der Waals surface area contributed by atoms with E-state index in [-0.39, 0.29) is 12.4 Å². The van der Waals surface area contributed by atoms with Gasteiger partial charge in [0.05, 0.1) is 6.61 Å². The third-order valence-corrected chi connectivity index (χ3v) is 4.16. The third kappa shape index (κ3) is 6.77. The lowest BCUT2D eigenvalue weighted by molar-refractivity contribution is 0.265. The molecule has 0 aliphatic carbocycles. The number of hydrogen-bond donors (Lipinski definition) is 1. The Hall–Kier alpha value is -1.42. The van der Waals surface area contributed by atoms with Crippen molar-refractivity contribution in [3.05, 3.63) is 58.6 Å². The van der Waals surface area contributed by atoms with Gasteiger partial charge in [-0.2, -0.15) is 0 Å². The highest BCUT2D eigenvalue weighted by molar-refractivity contribution is 6.30. The van der Waals surface area contributed by atoms with Gasteiger partial charge in [0.25, 0.3) is 0 Å². The zero-order valence-electron chi connectivity index (χ0n) is 15.0. The maximum atomic E-state index is 6.10. The van der Waals surface area contributed by atoms with Crippen LogP contribution in [0.1, 0.15) is 38.3 Å². The molecule has 2 rings (SSSR count). The first kappa shape index (κ1) is 21.6. The molecule has 5 heteroatoms. The van der Waals surface area contributed by atoms with E-state index in [1.807, 2.05) is 43.3 Å². The smallest absolute Gasteiger partial charge is 0.166 e. The molecule has 0 fully saturated rings. The van der Waals surface area contributed by atoms with Crippen molar-refractivity contribution in [1.82, 2.24) is 5.32 Å². The molecule has 3 nitrogen and oxygen atoms in total. The largest absolute Gasteiger partial charge is 0.490 e. The molecule has 0 saturated heterocycles. The molecule has 2 aromatic carbocycles. The van der Waals surface area contributed by atoms with E-state index in [0.717, 1.165) is 40.6 Å². The van der Waals surface area contributed by atoms with E-state index in [1.165, 1.54) is 0 Å². The predicted molar refractivity (Wildman–Crippen MR) is 107 cm³/mol. The van der Waals surface area contributed by atoms with Crippen LogP contribution in [0.5, 0.6) is 11.5 Å². The molecule has 0 bridgehead atoms. The Labute approximate surface area is 162 Å². The monoisotopic (exact) mass is 383 g/mol. The second kappa shape index (κ2) is 11.2. The van der Waals surface area contributed by atoms with Crippen LogP contribution in [0.15, 0.2) is 42.5 Å². The van der Waals surface area contributed by atoms with E-state index < -0.39 is 0 Å². The number of para-hydroxylation sites is 1. The maximum Gasteiger partial charge on any atom is 0.166 e. The fraction of sp³-hybridized carbons (Fsp3) is 0.400. The molecule has 0 aliphatic heterocycles. The second-order valence-electron chi connectivity index (χ2n) is 5.78. The summed E-state index contributed by atoms with van der Waals surface area (Å²) in [4.78, 5) is 0. The van der Waals surface area contributed by atoms with Crippen molar-refractivity contribution >= 4 is 24.0 Å². The quantitative estimate of drug-likeness (QED) is 0.608. The number of benzene rings is 2. The van der Waals surface area contributed by atoms with Gasteiger partial charge in [-0.3, -0.25) is 0 Å². The molecule has 0 spiro atoms. The summed E-state index contributed by atoms with van der Waals surface area (Å²) in [6.45, 7) is 8.18. The van der Waals surface area contributed by atoms with Gasteiger partial charge in [-0.15, -0.1) is 12.4 Å². The topological polar surface area (TPSA) is 30.5 Å². The molecule has 2 aromatic rings. The van der Waals surface area contributed by atoms with Crippen molar-refractivity contribution in [1.29, 1.82) is 0 Å². The fourth-order valence-electron chi connectivity index (χ4n) is 2.30. The lowest BCUT2D eigenvalue weighted by Crippen LogP contribution is -2.24. The minimum absolute atomic E-state index is 0. The number of hydrogen-bond acceptors (Lipinski definition) is 3. The first-order valence-corrected chi connectivity index (χ1v) is 8.87. The van der Waals surface area contributed by atoms with Crippen molar-refractivity contribution in [3.63, 3.8) is 0 Å². The molecular weight excluding hydrogens is 357 g/mol. The van der Waals surface area contributed by atoms with Crippen LogP contribution in [0.25, 0.3) is 0 Å². The Morgan fingerprint density at radius 3 is 2.40 bits per heavy atom. The van der Waals surface area contributed by atoms with Crippen molar-refractivity contribution < 1.29 is 9.47 Å². The molecule has 0 saturated carbocycles. The zero-order chi connectivity index (χ0) is 17.4. The van der Waals surface area contributed by atoms with E-state index in [0.29, 0.717) is 19.3 Å². The Kier molecular flexibility index (Phi) is 9.73. The molecule has 1 N–H and O–H groups in total. The summed E-state index contributed by atoms with van der Waals surface area (Å²) in [5, 5.41) is 4.24. The van der Waals surface area contributed by atoms with Crippen LogP contribution in [0.4, 0.5) is 0 Å². The van der Waals surface area contributed by atoms with Crippen LogP contribution < -0.4 is 14.8 Å². The number of halogens is 2. The molecule has 138 valence electrons. The van der Waals surface area contributed by atoms with E-state index >= 15 is 0 Å². The summed E-state index contributed by atoms with van der Waals surface area (Å²) in [7, 11) is 0. The van der Waals surface area contributed by atoms with Gasteiger partial charge in [-0.1, -0.05) is 42.8 Å². The van der Waals surface area contributed by atoms with Gasteiger partial charge in [0.15, 0.2) is 11.5 Å². The molecule has 0 aliphatic rings. The lowest BCUT2D eigenvalue weighted by atomic mass is 10.1. The van der Waals surface area contributed by atoms with Gasteiger partial charge < -0.3 is 14.8 Å².